The van der Waals surface area contributed by atoms with E-state index in [2.05, 4.69) is 15.1 Å². The molecule has 0 bridgehead atoms. The summed E-state index contributed by atoms with van der Waals surface area (Å²) in [5.74, 6) is 0. The van der Waals surface area contributed by atoms with Gasteiger partial charge >= 0.3 is 6.09 Å². The van der Waals surface area contributed by atoms with Gasteiger partial charge in [0.25, 0.3) is 0 Å². The molecule has 0 saturated carbocycles. The van der Waals surface area contributed by atoms with Crippen LogP contribution in [-0.4, -0.2) is 21.1 Å². The second-order valence-corrected chi connectivity index (χ2v) is 5.34. The van der Waals surface area contributed by atoms with Gasteiger partial charge < -0.3 is 14.5 Å². The van der Waals surface area contributed by atoms with Crippen molar-refractivity contribution in [3.63, 3.8) is 0 Å². The third-order valence-electron chi connectivity index (χ3n) is 2.53. The molecule has 0 aliphatic rings. The fourth-order valence-corrected chi connectivity index (χ4v) is 1.71. The molecular formula is C14H16N4O2. The summed E-state index contributed by atoms with van der Waals surface area (Å²) in [6.45, 7) is 12.7. The molecule has 2 aromatic heterocycles. The molecule has 0 saturated heterocycles. The lowest BCUT2D eigenvalue weighted by molar-refractivity contribution is 0.0523. The van der Waals surface area contributed by atoms with Gasteiger partial charge in [0.1, 0.15) is 5.60 Å². The van der Waals surface area contributed by atoms with Crippen LogP contribution in [0.25, 0.3) is 10.4 Å². The van der Waals surface area contributed by atoms with E-state index in [9.17, 15) is 4.79 Å². The van der Waals surface area contributed by atoms with Crippen molar-refractivity contribution in [1.82, 2.24) is 14.7 Å². The molecule has 2 heterocycles. The van der Waals surface area contributed by atoms with E-state index in [0.717, 1.165) is 5.52 Å². The molecule has 0 aliphatic carbocycles. The summed E-state index contributed by atoms with van der Waals surface area (Å²) in [7, 11) is 0. The molecule has 0 fully saturated rings. The Bertz CT molecular complexity index is 677. The van der Waals surface area contributed by atoms with Crippen molar-refractivity contribution in [2.45, 2.75) is 32.9 Å². The van der Waals surface area contributed by atoms with Crippen molar-refractivity contribution in [2.24, 2.45) is 0 Å². The Hall–Kier alpha value is -2.55. The van der Waals surface area contributed by atoms with Gasteiger partial charge in [0.2, 0.25) is 0 Å². The first-order chi connectivity index (χ1) is 9.39. The Kier molecular flexibility index (Phi) is 3.61. The average molecular weight is 272 g/mol. The van der Waals surface area contributed by atoms with Crippen molar-refractivity contribution in [3.05, 3.63) is 41.8 Å². The van der Waals surface area contributed by atoms with Crippen LogP contribution >= 0.6 is 0 Å². The van der Waals surface area contributed by atoms with Crippen LogP contribution in [0.5, 0.6) is 0 Å². The van der Waals surface area contributed by atoms with Gasteiger partial charge in [-0.2, -0.15) is 0 Å². The largest absolute Gasteiger partial charge is 0.444 e. The van der Waals surface area contributed by atoms with Crippen LogP contribution in [-0.2, 0) is 11.3 Å². The molecule has 0 aliphatic heterocycles. The summed E-state index contributed by atoms with van der Waals surface area (Å²) in [6, 6.07) is 3.46. The minimum absolute atomic E-state index is 0.257. The molecule has 2 aromatic rings. The van der Waals surface area contributed by atoms with E-state index in [4.69, 9.17) is 11.3 Å². The van der Waals surface area contributed by atoms with Gasteiger partial charge in [-0.1, -0.05) is 0 Å². The smallest absolute Gasteiger partial charge is 0.407 e. The molecule has 6 nitrogen and oxygen atoms in total. The second kappa shape index (κ2) is 5.21. The van der Waals surface area contributed by atoms with Crippen LogP contribution in [0.1, 0.15) is 26.5 Å². The van der Waals surface area contributed by atoms with Crippen molar-refractivity contribution in [3.8, 4) is 0 Å². The van der Waals surface area contributed by atoms with E-state index in [1.165, 1.54) is 0 Å². The van der Waals surface area contributed by atoms with Crippen LogP contribution < -0.4 is 5.32 Å². The number of hydrogen-bond acceptors (Lipinski definition) is 3. The number of carbonyl (C=O) groups excluding carboxylic acids is 1. The van der Waals surface area contributed by atoms with Crippen LogP contribution in [0.2, 0.25) is 0 Å². The number of nitrogens with one attached hydrogen (secondary N) is 1. The van der Waals surface area contributed by atoms with Crippen LogP contribution in [0, 0.1) is 6.57 Å². The number of alkyl carbamates (subject to hydrolysis) is 1. The molecule has 0 radical (unpaired) electrons. The zero-order valence-electron chi connectivity index (χ0n) is 11.7. The molecule has 1 amide bonds. The van der Waals surface area contributed by atoms with E-state index in [0.29, 0.717) is 11.4 Å². The molecule has 6 heteroatoms. The summed E-state index contributed by atoms with van der Waals surface area (Å²) < 4.78 is 6.97. The number of aromatic nitrogens is 2. The minimum Gasteiger partial charge on any atom is -0.444 e. The zero-order chi connectivity index (χ0) is 14.8. The molecule has 20 heavy (non-hydrogen) atoms. The van der Waals surface area contributed by atoms with Crippen LogP contribution in [0.3, 0.4) is 0 Å². The van der Waals surface area contributed by atoms with Crippen LogP contribution in [0.15, 0.2) is 24.7 Å². The van der Waals surface area contributed by atoms with Gasteiger partial charge in [-0.05, 0) is 39.1 Å². The fourth-order valence-electron chi connectivity index (χ4n) is 1.71. The average Bonchev–Trinajstić information content (AvgIpc) is 2.76. The highest BCUT2D eigenvalue weighted by Gasteiger charge is 2.16. The predicted octanol–water partition coefficient (Wildman–Crippen LogP) is 2.91. The highest BCUT2D eigenvalue weighted by Crippen LogP contribution is 2.18. The number of ether oxygens (including phenoxy) is 1. The van der Waals surface area contributed by atoms with Gasteiger partial charge in [0.15, 0.2) is 5.69 Å². The Labute approximate surface area is 117 Å². The maximum absolute atomic E-state index is 11.6. The first kappa shape index (κ1) is 13.9. The summed E-state index contributed by atoms with van der Waals surface area (Å²) in [5, 5.41) is 2.66. The Morgan fingerprint density at radius 1 is 1.55 bits per heavy atom. The van der Waals surface area contributed by atoms with Gasteiger partial charge in [-0.3, -0.25) is 0 Å². The van der Waals surface area contributed by atoms with E-state index in [1.807, 2.05) is 0 Å². The van der Waals surface area contributed by atoms with E-state index in [1.54, 1.807) is 49.8 Å². The zero-order valence-corrected chi connectivity index (χ0v) is 11.7. The second-order valence-electron chi connectivity index (χ2n) is 5.34. The highest BCUT2D eigenvalue weighted by molar-refractivity contribution is 5.68. The number of imidazole rings is 1. The molecule has 0 unspecified atom stereocenters. The van der Waals surface area contributed by atoms with E-state index < -0.39 is 11.7 Å². The SMILES string of the molecule is [C-]#[N+]c1ccn2cnc(CNC(=O)OC(C)(C)C)c2c1. The van der Waals surface area contributed by atoms with E-state index in [-0.39, 0.29) is 6.54 Å². The third kappa shape index (κ3) is 3.26. The molecular weight excluding hydrogens is 256 g/mol. The van der Waals surface area contributed by atoms with Gasteiger partial charge in [0.05, 0.1) is 30.7 Å². The van der Waals surface area contributed by atoms with Gasteiger partial charge in [-0.15, -0.1) is 0 Å². The van der Waals surface area contributed by atoms with Crippen molar-refractivity contribution in [2.75, 3.05) is 0 Å². The van der Waals surface area contributed by atoms with Crippen molar-refractivity contribution >= 4 is 17.3 Å². The van der Waals surface area contributed by atoms with Crippen molar-refractivity contribution < 1.29 is 9.53 Å². The maximum atomic E-state index is 11.6. The number of nitrogens with zero attached hydrogens (tertiary/aromatic N) is 3. The third-order valence-corrected chi connectivity index (χ3v) is 2.53. The first-order valence-corrected chi connectivity index (χ1v) is 6.19. The molecule has 0 atom stereocenters. The topological polar surface area (TPSA) is 60.0 Å². The number of carbonyl (C=O) groups is 1. The number of fused-ring (bicyclic) bond motifs is 1. The number of rotatable bonds is 2. The predicted molar refractivity (Wildman–Crippen MR) is 74.5 cm³/mol. The van der Waals surface area contributed by atoms with E-state index >= 15 is 0 Å². The lowest BCUT2D eigenvalue weighted by Crippen LogP contribution is -2.32. The number of hydrogen-bond donors (Lipinski definition) is 1. The number of amides is 1. The van der Waals surface area contributed by atoms with Crippen molar-refractivity contribution in [1.29, 1.82) is 0 Å². The normalized spacial score (nSPS) is 11.1. The first-order valence-electron chi connectivity index (χ1n) is 6.19. The minimum atomic E-state index is -0.530. The highest BCUT2D eigenvalue weighted by atomic mass is 16.6. The summed E-state index contributed by atoms with van der Waals surface area (Å²) >= 11 is 0. The molecule has 2 rings (SSSR count). The van der Waals surface area contributed by atoms with Gasteiger partial charge in [0, 0.05) is 0 Å². The number of pyridine rings is 1. The standard InChI is InChI=1S/C14H16N4O2/c1-14(2,3)20-13(19)16-8-11-12-7-10(15-4)5-6-18(12)9-17-11/h5-7,9H,8H2,1-3H3,(H,16,19). The fraction of sp³-hybridized carbons (Fsp3) is 0.357. The lowest BCUT2D eigenvalue weighted by Gasteiger charge is -2.19. The Morgan fingerprint density at radius 3 is 2.95 bits per heavy atom. The maximum Gasteiger partial charge on any atom is 0.407 e. The summed E-state index contributed by atoms with van der Waals surface area (Å²) in [5.41, 5.74) is 1.50. The van der Waals surface area contributed by atoms with Crippen LogP contribution in [0.4, 0.5) is 10.5 Å². The van der Waals surface area contributed by atoms with Gasteiger partial charge in [-0.25, -0.2) is 14.6 Å². The lowest BCUT2D eigenvalue weighted by atomic mass is 10.2. The quantitative estimate of drug-likeness (QED) is 0.855. The molecule has 0 aromatic carbocycles. The summed E-state index contributed by atoms with van der Waals surface area (Å²) in [4.78, 5) is 19.2. The Balaban J connectivity index is 2.11. The monoisotopic (exact) mass is 272 g/mol. The molecule has 1 N–H and O–H groups in total. The molecule has 0 spiro atoms. The molecule has 104 valence electrons. The Morgan fingerprint density at radius 2 is 2.30 bits per heavy atom. The summed E-state index contributed by atoms with van der Waals surface area (Å²) in [6.07, 6.45) is 2.93.